The first kappa shape index (κ1) is 12.9. The minimum atomic E-state index is -0.0289. The molecule has 0 amide bonds. The average molecular weight is 315 g/mol. The van der Waals surface area contributed by atoms with Crippen LogP contribution in [-0.2, 0) is 12.8 Å². The fourth-order valence-corrected chi connectivity index (χ4v) is 4.54. The summed E-state index contributed by atoms with van der Waals surface area (Å²) >= 11 is 7.04. The Morgan fingerprint density at radius 1 is 1.38 bits per heavy atom. The van der Waals surface area contributed by atoms with Crippen molar-refractivity contribution in [3.8, 4) is 5.69 Å². The second-order valence-corrected chi connectivity index (χ2v) is 6.78. The first-order valence-corrected chi connectivity index (χ1v) is 8.10. The van der Waals surface area contributed by atoms with Crippen LogP contribution in [0.1, 0.15) is 22.6 Å². The van der Waals surface area contributed by atoms with E-state index in [0.717, 1.165) is 35.2 Å². The molecule has 0 radical (unpaired) electrons. The highest BCUT2D eigenvalue weighted by Crippen LogP contribution is 2.34. The summed E-state index contributed by atoms with van der Waals surface area (Å²) in [5.41, 5.74) is 2.81. The Balaban J connectivity index is 2.08. The van der Waals surface area contributed by atoms with E-state index in [1.165, 1.54) is 10.4 Å². The van der Waals surface area contributed by atoms with Crippen molar-refractivity contribution < 1.29 is 0 Å². The Morgan fingerprint density at radius 2 is 2.24 bits per heavy atom. The summed E-state index contributed by atoms with van der Waals surface area (Å²) in [6.45, 7) is 1.92. The fraction of sp³-hybridized carbons (Fsp3) is 0.267. The molecule has 0 unspecified atom stereocenters. The summed E-state index contributed by atoms with van der Waals surface area (Å²) in [4.78, 5) is 22.6. The molecule has 3 heterocycles. The first-order chi connectivity index (χ1) is 10.1. The van der Waals surface area contributed by atoms with Crippen LogP contribution in [0.4, 0.5) is 0 Å². The van der Waals surface area contributed by atoms with E-state index in [0.29, 0.717) is 10.5 Å². The molecule has 106 valence electrons. The topological polar surface area (TPSA) is 50.7 Å². The number of pyridine rings is 1. The summed E-state index contributed by atoms with van der Waals surface area (Å²) in [5.74, 6) is 0. The van der Waals surface area contributed by atoms with Gasteiger partial charge in [0, 0.05) is 10.6 Å². The molecule has 0 atom stereocenters. The zero-order valence-corrected chi connectivity index (χ0v) is 13.1. The molecule has 1 N–H and O–H groups in total. The van der Waals surface area contributed by atoms with E-state index in [-0.39, 0.29) is 5.56 Å². The van der Waals surface area contributed by atoms with E-state index in [2.05, 4.69) is 9.97 Å². The molecule has 0 aromatic carbocycles. The van der Waals surface area contributed by atoms with E-state index in [1.54, 1.807) is 22.1 Å². The lowest BCUT2D eigenvalue weighted by atomic mass is 10.2. The van der Waals surface area contributed by atoms with E-state index in [9.17, 15) is 4.79 Å². The van der Waals surface area contributed by atoms with Crippen LogP contribution < -0.4 is 5.56 Å². The number of fused-ring (bicyclic) bond motifs is 3. The van der Waals surface area contributed by atoms with Gasteiger partial charge >= 0.3 is 0 Å². The number of hydrogen-bond donors (Lipinski definition) is 1. The molecular weight excluding hydrogens is 302 g/mol. The number of H-pyrrole nitrogens is 1. The molecule has 0 spiro atoms. The van der Waals surface area contributed by atoms with Gasteiger partial charge in [0.15, 0.2) is 4.77 Å². The molecule has 4 rings (SSSR count). The van der Waals surface area contributed by atoms with Crippen molar-refractivity contribution in [1.82, 2.24) is 14.5 Å². The van der Waals surface area contributed by atoms with Crippen LogP contribution >= 0.6 is 23.6 Å². The van der Waals surface area contributed by atoms with Gasteiger partial charge in [-0.1, -0.05) is 0 Å². The molecule has 6 heteroatoms. The number of aromatic amines is 1. The highest BCUT2D eigenvalue weighted by molar-refractivity contribution is 7.71. The molecule has 0 fully saturated rings. The molecule has 0 saturated heterocycles. The van der Waals surface area contributed by atoms with Gasteiger partial charge in [-0.15, -0.1) is 11.3 Å². The van der Waals surface area contributed by atoms with Crippen molar-refractivity contribution in [2.75, 3.05) is 0 Å². The number of aryl methyl sites for hydroxylation is 3. The average Bonchev–Trinajstić information content (AvgIpc) is 3.00. The molecule has 0 bridgehead atoms. The van der Waals surface area contributed by atoms with E-state index in [4.69, 9.17) is 12.2 Å². The van der Waals surface area contributed by atoms with Gasteiger partial charge in [0.25, 0.3) is 5.56 Å². The second kappa shape index (κ2) is 4.61. The van der Waals surface area contributed by atoms with Gasteiger partial charge in [0.05, 0.1) is 17.3 Å². The number of hydrogen-bond acceptors (Lipinski definition) is 4. The number of nitrogens with one attached hydrogen (secondary N) is 1. The van der Waals surface area contributed by atoms with Gasteiger partial charge in [-0.3, -0.25) is 14.3 Å². The van der Waals surface area contributed by atoms with Crippen LogP contribution in [0.2, 0.25) is 0 Å². The highest BCUT2D eigenvalue weighted by Gasteiger charge is 2.21. The minimum Gasteiger partial charge on any atom is -0.323 e. The molecule has 3 aromatic rings. The monoisotopic (exact) mass is 315 g/mol. The second-order valence-electron chi connectivity index (χ2n) is 5.29. The molecular formula is C15H13N3OS2. The summed E-state index contributed by atoms with van der Waals surface area (Å²) in [5, 5.41) is 0.807. The van der Waals surface area contributed by atoms with Gasteiger partial charge in [0.2, 0.25) is 0 Å². The number of nitrogens with zero attached hydrogens (tertiary/aromatic N) is 2. The predicted molar refractivity (Wildman–Crippen MR) is 87.2 cm³/mol. The van der Waals surface area contributed by atoms with Crippen LogP contribution in [0, 0.1) is 11.7 Å². The van der Waals surface area contributed by atoms with E-state index < -0.39 is 0 Å². The number of rotatable bonds is 1. The molecule has 0 aliphatic heterocycles. The predicted octanol–water partition coefficient (Wildman–Crippen LogP) is 3.30. The van der Waals surface area contributed by atoms with Gasteiger partial charge in [-0.05, 0) is 56.1 Å². The largest absolute Gasteiger partial charge is 0.323 e. The quantitative estimate of drug-likeness (QED) is 0.701. The Hall–Kier alpha value is -1.79. The maximum atomic E-state index is 12.9. The van der Waals surface area contributed by atoms with Crippen LogP contribution in [0.15, 0.2) is 23.1 Å². The Morgan fingerprint density at radius 3 is 3.00 bits per heavy atom. The molecule has 0 saturated carbocycles. The molecule has 1 aliphatic rings. The standard InChI is InChI=1S/C15H13N3OS2/c1-8-5-6-9(7-16-8)18-14(19)12-10-3-2-4-11(10)21-13(12)17-15(18)20/h5-7H,2-4H2,1H3,(H,17,20). The molecule has 4 nitrogen and oxygen atoms in total. The third-order valence-electron chi connectivity index (χ3n) is 3.92. The third-order valence-corrected chi connectivity index (χ3v) is 5.41. The van der Waals surface area contributed by atoms with Gasteiger partial charge in [0.1, 0.15) is 4.83 Å². The van der Waals surface area contributed by atoms with Crippen molar-refractivity contribution in [2.45, 2.75) is 26.2 Å². The van der Waals surface area contributed by atoms with Crippen molar-refractivity contribution in [1.29, 1.82) is 0 Å². The van der Waals surface area contributed by atoms with Crippen molar-refractivity contribution in [3.05, 3.63) is 49.6 Å². The third kappa shape index (κ3) is 1.90. The normalized spacial score (nSPS) is 13.8. The summed E-state index contributed by atoms with van der Waals surface area (Å²) in [6, 6.07) is 3.77. The lowest BCUT2D eigenvalue weighted by molar-refractivity contribution is 0.907. The van der Waals surface area contributed by atoms with Crippen molar-refractivity contribution in [3.63, 3.8) is 0 Å². The zero-order valence-electron chi connectivity index (χ0n) is 11.5. The first-order valence-electron chi connectivity index (χ1n) is 6.88. The Labute approximate surface area is 130 Å². The SMILES string of the molecule is Cc1ccc(-n2c(=S)[nH]c3sc4c(c3c2=O)CCC4)cn1. The Kier molecular flexibility index (Phi) is 2.83. The molecule has 21 heavy (non-hydrogen) atoms. The van der Waals surface area contributed by atoms with Crippen LogP contribution in [0.3, 0.4) is 0 Å². The van der Waals surface area contributed by atoms with Crippen molar-refractivity contribution >= 4 is 33.8 Å². The summed E-state index contributed by atoms with van der Waals surface area (Å²) < 4.78 is 1.98. The van der Waals surface area contributed by atoms with E-state index in [1.807, 2.05) is 19.1 Å². The van der Waals surface area contributed by atoms with Crippen LogP contribution in [-0.4, -0.2) is 14.5 Å². The van der Waals surface area contributed by atoms with E-state index >= 15 is 0 Å². The fourth-order valence-electron chi connectivity index (χ4n) is 2.90. The van der Waals surface area contributed by atoms with Crippen molar-refractivity contribution in [2.24, 2.45) is 0 Å². The van der Waals surface area contributed by atoms with Crippen LogP contribution in [0.5, 0.6) is 0 Å². The summed E-state index contributed by atoms with van der Waals surface area (Å²) in [6.07, 6.45) is 4.89. The number of thiophene rings is 1. The molecule has 3 aromatic heterocycles. The van der Waals surface area contributed by atoms with Gasteiger partial charge < -0.3 is 4.98 Å². The highest BCUT2D eigenvalue weighted by atomic mass is 32.1. The maximum absolute atomic E-state index is 12.9. The minimum absolute atomic E-state index is 0.0289. The smallest absolute Gasteiger partial charge is 0.267 e. The van der Waals surface area contributed by atoms with Gasteiger partial charge in [-0.2, -0.15) is 0 Å². The van der Waals surface area contributed by atoms with Crippen LogP contribution in [0.25, 0.3) is 15.9 Å². The lowest BCUT2D eigenvalue weighted by Crippen LogP contribution is -2.20. The summed E-state index contributed by atoms with van der Waals surface area (Å²) in [7, 11) is 0. The van der Waals surface area contributed by atoms with Gasteiger partial charge in [-0.25, -0.2) is 0 Å². The zero-order chi connectivity index (χ0) is 14.6. The lowest BCUT2D eigenvalue weighted by Gasteiger charge is -2.06. The maximum Gasteiger partial charge on any atom is 0.267 e. The Bertz CT molecular complexity index is 963. The molecule has 1 aliphatic carbocycles. The number of aromatic nitrogens is 3.